The Bertz CT molecular complexity index is 405. The zero-order valence-corrected chi connectivity index (χ0v) is 17.2. The number of fused-ring (bicyclic) bond motifs is 2. The van der Waals surface area contributed by atoms with Crippen LogP contribution in [0.2, 0.25) is 0 Å². The highest BCUT2D eigenvalue weighted by atomic mass is 16.5. The molecular weight excluding hydrogens is 318 g/mol. The summed E-state index contributed by atoms with van der Waals surface area (Å²) in [6.07, 6.45) is 28.1. The quantitative estimate of drug-likeness (QED) is 0.440. The van der Waals surface area contributed by atoms with Crippen LogP contribution in [0.5, 0.6) is 0 Å². The lowest BCUT2D eigenvalue weighted by Crippen LogP contribution is -2.42. The van der Waals surface area contributed by atoms with Crippen molar-refractivity contribution in [3.05, 3.63) is 0 Å². The average molecular weight is 362 g/mol. The van der Waals surface area contributed by atoms with Crippen molar-refractivity contribution < 1.29 is 4.74 Å². The lowest BCUT2D eigenvalue weighted by Gasteiger charge is -2.36. The SMILES string of the molecule is C1CCCCCC2OC3CCCCCCCCCCC3N=C2CCCC1. The highest BCUT2D eigenvalue weighted by Gasteiger charge is 2.32. The molecule has 3 atom stereocenters. The molecule has 2 heteroatoms. The van der Waals surface area contributed by atoms with Crippen molar-refractivity contribution in [3.63, 3.8) is 0 Å². The maximum absolute atomic E-state index is 6.77. The lowest BCUT2D eigenvalue weighted by molar-refractivity contribution is -0.0163. The first-order valence-corrected chi connectivity index (χ1v) is 12.2. The molecule has 150 valence electrons. The average Bonchev–Trinajstić information content (AvgIpc) is 2.63. The van der Waals surface area contributed by atoms with E-state index in [0.717, 1.165) is 0 Å². The molecule has 0 saturated heterocycles. The summed E-state index contributed by atoms with van der Waals surface area (Å²) in [5.41, 5.74) is 1.44. The van der Waals surface area contributed by atoms with Crippen LogP contribution in [0.3, 0.4) is 0 Å². The van der Waals surface area contributed by atoms with Gasteiger partial charge in [0.2, 0.25) is 0 Å². The Labute approximate surface area is 162 Å². The summed E-state index contributed by atoms with van der Waals surface area (Å²) in [4.78, 5) is 5.37. The molecule has 0 aromatic carbocycles. The Morgan fingerprint density at radius 3 is 1.69 bits per heavy atom. The van der Waals surface area contributed by atoms with E-state index in [4.69, 9.17) is 9.73 Å². The summed E-state index contributed by atoms with van der Waals surface area (Å²) in [6.45, 7) is 0. The van der Waals surface area contributed by atoms with Gasteiger partial charge >= 0.3 is 0 Å². The van der Waals surface area contributed by atoms with Gasteiger partial charge < -0.3 is 4.74 Å². The summed E-state index contributed by atoms with van der Waals surface area (Å²) in [5, 5.41) is 0. The third-order valence-electron chi connectivity index (χ3n) is 6.86. The van der Waals surface area contributed by atoms with Gasteiger partial charge in [0.05, 0.1) is 18.2 Å². The normalized spacial score (nSPS) is 33.8. The molecule has 3 rings (SSSR count). The minimum atomic E-state index is 0.351. The van der Waals surface area contributed by atoms with E-state index in [-0.39, 0.29) is 0 Å². The van der Waals surface area contributed by atoms with E-state index in [1.807, 2.05) is 0 Å². The maximum atomic E-state index is 6.77. The van der Waals surface area contributed by atoms with E-state index in [1.54, 1.807) is 0 Å². The summed E-state index contributed by atoms with van der Waals surface area (Å²) in [6, 6.07) is 0.466. The van der Waals surface area contributed by atoms with Gasteiger partial charge in [-0.1, -0.05) is 96.3 Å². The second kappa shape index (κ2) is 12.2. The Morgan fingerprint density at radius 1 is 0.538 bits per heavy atom. The number of nitrogens with zero attached hydrogens (tertiary/aromatic N) is 1. The molecule has 0 bridgehead atoms. The molecule has 3 aliphatic rings. The summed E-state index contributed by atoms with van der Waals surface area (Å²) in [5.74, 6) is 0. The molecule has 1 aliphatic heterocycles. The van der Waals surface area contributed by atoms with Crippen LogP contribution >= 0.6 is 0 Å². The van der Waals surface area contributed by atoms with Crippen LogP contribution in [0, 0.1) is 0 Å². The first-order valence-electron chi connectivity index (χ1n) is 12.2. The number of ether oxygens (including phenoxy) is 1. The fourth-order valence-corrected chi connectivity index (χ4v) is 5.19. The second-order valence-corrected chi connectivity index (χ2v) is 9.12. The molecule has 3 unspecified atom stereocenters. The Balaban J connectivity index is 1.64. The largest absolute Gasteiger partial charge is 0.367 e. The van der Waals surface area contributed by atoms with Crippen molar-refractivity contribution >= 4 is 5.71 Å². The summed E-state index contributed by atoms with van der Waals surface area (Å²) >= 11 is 0. The molecule has 0 N–H and O–H groups in total. The first kappa shape index (κ1) is 20.4. The van der Waals surface area contributed by atoms with Crippen LogP contribution in [-0.4, -0.2) is 24.0 Å². The minimum Gasteiger partial charge on any atom is -0.367 e. The topological polar surface area (TPSA) is 21.6 Å². The van der Waals surface area contributed by atoms with Crippen molar-refractivity contribution in [2.24, 2.45) is 4.99 Å². The van der Waals surface area contributed by atoms with Crippen LogP contribution < -0.4 is 0 Å². The number of aliphatic imine (C=N–C) groups is 1. The summed E-state index contributed by atoms with van der Waals surface area (Å²) < 4.78 is 6.77. The Hall–Kier alpha value is -0.370. The lowest BCUT2D eigenvalue weighted by atomic mass is 9.91. The van der Waals surface area contributed by atoms with Crippen molar-refractivity contribution in [2.45, 2.75) is 147 Å². The zero-order chi connectivity index (χ0) is 17.9. The van der Waals surface area contributed by atoms with Gasteiger partial charge in [-0.3, -0.25) is 4.99 Å². The fourth-order valence-electron chi connectivity index (χ4n) is 5.19. The molecular formula is C24H43NO. The van der Waals surface area contributed by atoms with Gasteiger partial charge in [-0.2, -0.15) is 0 Å². The van der Waals surface area contributed by atoms with Crippen molar-refractivity contribution in [3.8, 4) is 0 Å². The molecule has 2 saturated carbocycles. The second-order valence-electron chi connectivity index (χ2n) is 9.12. The minimum absolute atomic E-state index is 0.351. The molecule has 1 heterocycles. The standard InChI is InChI=1S/C24H43NO/c1-3-7-11-15-19-23-21(17-13-9-5-1)25-22-18-14-10-6-2-4-8-12-16-20-24(22)26-23/h21,23-24H,1-20H2. The molecule has 2 fully saturated rings. The molecule has 26 heavy (non-hydrogen) atoms. The van der Waals surface area contributed by atoms with Crippen molar-refractivity contribution in [2.75, 3.05) is 0 Å². The highest BCUT2D eigenvalue weighted by Crippen LogP contribution is 2.29. The van der Waals surface area contributed by atoms with E-state index in [1.165, 1.54) is 134 Å². The van der Waals surface area contributed by atoms with Crippen LogP contribution in [0.15, 0.2) is 4.99 Å². The van der Waals surface area contributed by atoms with Gasteiger partial charge in [0.1, 0.15) is 0 Å². The number of hydrogen-bond donors (Lipinski definition) is 0. The third-order valence-corrected chi connectivity index (χ3v) is 6.86. The molecule has 0 aromatic heterocycles. The molecule has 2 nitrogen and oxygen atoms in total. The molecule has 0 spiro atoms. The van der Waals surface area contributed by atoms with Crippen LogP contribution in [0.25, 0.3) is 0 Å². The van der Waals surface area contributed by atoms with Gasteiger partial charge in [0, 0.05) is 5.71 Å². The van der Waals surface area contributed by atoms with Crippen molar-refractivity contribution in [1.29, 1.82) is 0 Å². The number of rotatable bonds is 0. The van der Waals surface area contributed by atoms with Gasteiger partial charge in [-0.15, -0.1) is 0 Å². The first-order chi connectivity index (χ1) is 12.9. The molecule has 0 radical (unpaired) electrons. The Morgan fingerprint density at radius 2 is 1.04 bits per heavy atom. The third kappa shape index (κ3) is 6.98. The predicted octanol–water partition coefficient (Wildman–Crippen LogP) is 7.39. The van der Waals surface area contributed by atoms with Gasteiger partial charge in [0.15, 0.2) is 0 Å². The smallest absolute Gasteiger partial charge is 0.0956 e. The highest BCUT2D eigenvalue weighted by molar-refractivity contribution is 5.89. The van der Waals surface area contributed by atoms with Gasteiger partial charge in [0.25, 0.3) is 0 Å². The Kier molecular flexibility index (Phi) is 9.53. The predicted molar refractivity (Wildman–Crippen MR) is 112 cm³/mol. The summed E-state index contributed by atoms with van der Waals surface area (Å²) in [7, 11) is 0. The van der Waals surface area contributed by atoms with Crippen LogP contribution in [0.4, 0.5) is 0 Å². The van der Waals surface area contributed by atoms with E-state index >= 15 is 0 Å². The fraction of sp³-hybridized carbons (Fsp3) is 0.958. The molecule has 0 aromatic rings. The monoisotopic (exact) mass is 361 g/mol. The van der Waals surface area contributed by atoms with Crippen molar-refractivity contribution in [1.82, 2.24) is 0 Å². The van der Waals surface area contributed by atoms with E-state index in [9.17, 15) is 0 Å². The van der Waals surface area contributed by atoms with Gasteiger partial charge in [-0.05, 0) is 32.1 Å². The zero-order valence-electron chi connectivity index (χ0n) is 17.2. The molecule has 0 amide bonds. The van der Waals surface area contributed by atoms with E-state index in [2.05, 4.69) is 0 Å². The van der Waals surface area contributed by atoms with Gasteiger partial charge in [-0.25, -0.2) is 0 Å². The van der Waals surface area contributed by atoms with Crippen LogP contribution in [0.1, 0.15) is 128 Å². The molecule has 2 aliphatic carbocycles. The van der Waals surface area contributed by atoms with E-state index in [0.29, 0.717) is 18.2 Å². The van der Waals surface area contributed by atoms with Crippen LogP contribution in [-0.2, 0) is 4.74 Å². The van der Waals surface area contributed by atoms with E-state index < -0.39 is 0 Å². The maximum Gasteiger partial charge on any atom is 0.0956 e. The number of hydrogen-bond acceptors (Lipinski definition) is 2.